The van der Waals surface area contributed by atoms with Crippen molar-refractivity contribution < 1.29 is 4.79 Å². The molecule has 3 rings (SSSR count). The average Bonchev–Trinajstić information content (AvgIpc) is 2.63. The van der Waals surface area contributed by atoms with Gasteiger partial charge in [0.15, 0.2) is 5.69 Å². The zero-order valence-corrected chi connectivity index (χ0v) is 17.0. The maximum absolute atomic E-state index is 13.0. The molecule has 0 bridgehead atoms. The van der Waals surface area contributed by atoms with Gasteiger partial charge in [-0.2, -0.15) is 5.10 Å². The second kappa shape index (κ2) is 7.84. The van der Waals surface area contributed by atoms with Crippen LogP contribution in [0.5, 0.6) is 0 Å². The Kier molecular flexibility index (Phi) is 5.49. The number of amides is 1. The SMILES string of the molecule is Cc1cc(NC(=O)c2nn(CC(C)C)c(=O)c3ccccc23)ccc1N(C)C. The highest BCUT2D eigenvalue weighted by Gasteiger charge is 2.17. The number of benzene rings is 2. The van der Waals surface area contributed by atoms with Gasteiger partial charge in [-0.3, -0.25) is 9.59 Å². The fourth-order valence-corrected chi connectivity index (χ4v) is 3.30. The normalized spacial score (nSPS) is 11.1. The zero-order chi connectivity index (χ0) is 20.4. The highest BCUT2D eigenvalue weighted by molar-refractivity contribution is 6.11. The van der Waals surface area contributed by atoms with Crippen LogP contribution in [0.4, 0.5) is 11.4 Å². The molecule has 146 valence electrons. The van der Waals surface area contributed by atoms with Gasteiger partial charge in [-0.25, -0.2) is 4.68 Å². The monoisotopic (exact) mass is 378 g/mol. The van der Waals surface area contributed by atoms with E-state index in [1.165, 1.54) is 4.68 Å². The first-order valence-electron chi connectivity index (χ1n) is 9.37. The molecular formula is C22H26N4O2. The Labute approximate surface area is 164 Å². The van der Waals surface area contributed by atoms with Gasteiger partial charge in [0.2, 0.25) is 0 Å². The summed E-state index contributed by atoms with van der Waals surface area (Å²) in [7, 11) is 3.96. The Morgan fingerprint density at radius 3 is 2.43 bits per heavy atom. The molecule has 0 saturated heterocycles. The molecule has 2 aromatic carbocycles. The molecule has 0 spiro atoms. The van der Waals surface area contributed by atoms with Crippen molar-refractivity contribution in [1.29, 1.82) is 0 Å². The van der Waals surface area contributed by atoms with Gasteiger partial charge in [-0.05, 0) is 42.7 Å². The molecule has 6 heteroatoms. The van der Waals surface area contributed by atoms with Crippen LogP contribution in [-0.4, -0.2) is 29.8 Å². The summed E-state index contributed by atoms with van der Waals surface area (Å²) in [6.07, 6.45) is 0. The minimum atomic E-state index is -0.328. The Morgan fingerprint density at radius 2 is 1.82 bits per heavy atom. The van der Waals surface area contributed by atoms with Crippen LogP contribution < -0.4 is 15.8 Å². The number of carbonyl (C=O) groups excluding carboxylic acids is 1. The molecule has 0 saturated carbocycles. The van der Waals surface area contributed by atoms with Crippen LogP contribution in [-0.2, 0) is 6.54 Å². The van der Waals surface area contributed by atoms with Crippen molar-refractivity contribution in [3.05, 3.63) is 64.1 Å². The predicted molar refractivity (Wildman–Crippen MR) is 114 cm³/mol. The molecule has 1 heterocycles. The van der Waals surface area contributed by atoms with Crippen molar-refractivity contribution >= 4 is 28.1 Å². The third-order valence-corrected chi connectivity index (χ3v) is 4.56. The quantitative estimate of drug-likeness (QED) is 0.735. The molecule has 0 atom stereocenters. The van der Waals surface area contributed by atoms with E-state index in [-0.39, 0.29) is 23.1 Å². The van der Waals surface area contributed by atoms with Crippen molar-refractivity contribution in [3.63, 3.8) is 0 Å². The van der Waals surface area contributed by atoms with Gasteiger partial charge in [0.25, 0.3) is 11.5 Å². The third-order valence-electron chi connectivity index (χ3n) is 4.56. The van der Waals surface area contributed by atoms with E-state index in [2.05, 4.69) is 10.4 Å². The standard InChI is InChI=1S/C22H26N4O2/c1-14(2)13-26-22(28)18-9-7-6-8-17(18)20(24-26)21(27)23-16-10-11-19(25(4)5)15(3)12-16/h6-12,14H,13H2,1-5H3,(H,23,27). The van der Waals surface area contributed by atoms with Crippen LogP contribution in [0.3, 0.4) is 0 Å². The molecule has 0 radical (unpaired) electrons. The van der Waals surface area contributed by atoms with Gasteiger partial charge in [0.1, 0.15) is 0 Å². The smallest absolute Gasteiger partial charge is 0.276 e. The van der Waals surface area contributed by atoms with Gasteiger partial charge >= 0.3 is 0 Å². The number of nitrogens with one attached hydrogen (secondary N) is 1. The van der Waals surface area contributed by atoms with Crippen LogP contribution >= 0.6 is 0 Å². The molecule has 1 N–H and O–H groups in total. The summed E-state index contributed by atoms with van der Waals surface area (Å²) in [6, 6.07) is 12.9. The van der Waals surface area contributed by atoms with E-state index in [0.717, 1.165) is 11.3 Å². The second-order valence-electron chi connectivity index (χ2n) is 7.63. The minimum absolute atomic E-state index is 0.174. The molecule has 0 aliphatic rings. The summed E-state index contributed by atoms with van der Waals surface area (Å²) in [5.74, 6) is -0.0887. The molecule has 0 aliphatic heterocycles. The maximum atomic E-state index is 13.0. The second-order valence-corrected chi connectivity index (χ2v) is 7.63. The number of carbonyl (C=O) groups is 1. The van der Waals surface area contributed by atoms with E-state index in [1.54, 1.807) is 18.2 Å². The topological polar surface area (TPSA) is 67.2 Å². The van der Waals surface area contributed by atoms with Gasteiger partial charge < -0.3 is 10.2 Å². The van der Waals surface area contributed by atoms with Crippen molar-refractivity contribution in [2.45, 2.75) is 27.3 Å². The molecule has 0 aliphatic carbocycles. The Balaban J connectivity index is 2.03. The molecule has 6 nitrogen and oxygen atoms in total. The number of nitrogens with zero attached hydrogens (tertiary/aromatic N) is 3. The minimum Gasteiger partial charge on any atom is -0.377 e. The summed E-state index contributed by atoms with van der Waals surface area (Å²) in [4.78, 5) is 27.7. The van der Waals surface area contributed by atoms with E-state index >= 15 is 0 Å². The van der Waals surface area contributed by atoms with Gasteiger partial charge in [-0.1, -0.05) is 32.0 Å². The van der Waals surface area contributed by atoms with E-state index in [9.17, 15) is 9.59 Å². The van der Waals surface area contributed by atoms with Gasteiger partial charge in [-0.15, -0.1) is 0 Å². The average molecular weight is 378 g/mol. The molecule has 1 amide bonds. The summed E-state index contributed by atoms with van der Waals surface area (Å²) >= 11 is 0. The Morgan fingerprint density at radius 1 is 1.14 bits per heavy atom. The first-order valence-corrected chi connectivity index (χ1v) is 9.37. The molecule has 1 aromatic heterocycles. The lowest BCUT2D eigenvalue weighted by molar-refractivity contribution is 0.102. The summed E-state index contributed by atoms with van der Waals surface area (Å²) in [5, 5.41) is 8.37. The summed E-state index contributed by atoms with van der Waals surface area (Å²) in [5.41, 5.74) is 2.93. The van der Waals surface area contributed by atoms with E-state index in [4.69, 9.17) is 0 Å². The molecule has 0 fully saturated rings. The fourth-order valence-electron chi connectivity index (χ4n) is 3.30. The molecule has 3 aromatic rings. The van der Waals surface area contributed by atoms with Crippen LogP contribution in [0.15, 0.2) is 47.3 Å². The number of hydrogen-bond donors (Lipinski definition) is 1. The Hall–Kier alpha value is -3.15. The van der Waals surface area contributed by atoms with Crippen LogP contribution in [0.1, 0.15) is 29.9 Å². The van der Waals surface area contributed by atoms with Crippen molar-refractivity contribution in [2.75, 3.05) is 24.3 Å². The van der Waals surface area contributed by atoms with Crippen molar-refractivity contribution in [3.8, 4) is 0 Å². The van der Waals surface area contributed by atoms with E-state index in [1.807, 2.05) is 64.0 Å². The van der Waals surface area contributed by atoms with Crippen LogP contribution in [0.25, 0.3) is 10.8 Å². The number of aromatic nitrogens is 2. The number of rotatable bonds is 5. The number of aryl methyl sites for hydroxylation is 1. The molecular weight excluding hydrogens is 352 g/mol. The van der Waals surface area contributed by atoms with Crippen LogP contribution in [0.2, 0.25) is 0 Å². The van der Waals surface area contributed by atoms with Crippen molar-refractivity contribution in [1.82, 2.24) is 9.78 Å². The van der Waals surface area contributed by atoms with E-state index in [0.29, 0.717) is 23.0 Å². The number of anilines is 2. The predicted octanol–water partition coefficient (Wildman–Crippen LogP) is 3.68. The first-order chi connectivity index (χ1) is 13.3. The van der Waals surface area contributed by atoms with Gasteiger partial charge in [0.05, 0.1) is 5.39 Å². The largest absolute Gasteiger partial charge is 0.377 e. The van der Waals surface area contributed by atoms with E-state index < -0.39 is 0 Å². The fraction of sp³-hybridized carbons (Fsp3) is 0.318. The Bertz CT molecular complexity index is 1080. The molecule has 28 heavy (non-hydrogen) atoms. The zero-order valence-electron chi connectivity index (χ0n) is 17.0. The first kappa shape index (κ1) is 19.6. The highest BCUT2D eigenvalue weighted by atomic mass is 16.2. The number of hydrogen-bond acceptors (Lipinski definition) is 4. The lowest BCUT2D eigenvalue weighted by atomic mass is 10.1. The van der Waals surface area contributed by atoms with Gasteiger partial charge in [0, 0.05) is 37.4 Å². The van der Waals surface area contributed by atoms with Crippen molar-refractivity contribution in [2.24, 2.45) is 5.92 Å². The lowest BCUT2D eigenvalue weighted by Crippen LogP contribution is -2.29. The van der Waals surface area contributed by atoms with Crippen LogP contribution in [0, 0.1) is 12.8 Å². The highest BCUT2D eigenvalue weighted by Crippen LogP contribution is 2.23. The summed E-state index contributed by atoms with van der Waals surface area (Å²) < 4.78 is 1.39. The third kappa shape index (κ3) is 3.91. The summed E-state index contributed by atoms with van der Waals surface area (Å²) in [6.45, 7) is 6.48. The maximum Gasteiger partial charge on any atom is 0.276 e. The number of fused-ring (bicyclic) bond motifs is 1. The molecule has 0 unspecified atom stereocenters. The lowest BCUT2D eigenvalue weighted by Gasteiger charge is -2.17.